The molecule has 3 rings (SSSR count). The lowest BCUT2D eigenvalue weighted by Crippen LogP contribution is -2.34. The van der Waals surface area contributed by atoms with Crippen LogP contribution in [0.15, 0.2) is 24.4 Å². The summed E-state index contributed by atoms with van der Waals surface area (Å²) in [5.74, 6) is 0.0733. The van der Waals surface area contributed by atoms with Crippen LogP contribution in [0.4, 0.5) is 0 Å². The van der Waals surface area contributed by atoms with E-state index in [1.807, 2.05) is 23.1 Å². The predicted octanol–water partition coefficient (Wildman–Crippen LogP) is 1.80. The number of nitrogens with one attached hydrogen (secondary N) is 1. The Labute approximate surface area is 123 Å². The number of benzene rings is 1. The molecule has 108 valence electrons. The van der Waals surface area contributed by atoms with Crippen molar-refractivity contribution < 1.29 is 4.79 Å². The zero-order valence-electron chi connectivity index (χ0n) is 11.4. The molecule has 1 amide bonds. The zero-order valence-corrected chi connectivity index (χ0v) is 12.2. The molecule has 20 heavy (non-hydrogen) atoms. The van der Waals surface area contributed by atoms with Gasteiger partial charge in [-0.1, -0.05) is 13.0 Å². The van der Waals surface area contributed by atoms with E-state index in [0.717, 1.165) is 30.4 Å². The maximum absolute atomic E-state index is 12.6. The molecule has 1 fully saturated rings. The van der Waals surface area contributed by atoms with Crippen molar-refractivity contribution >= 4 is 29.2 Å². The molecule has 2 aromatic rings. The van der Waals surface area contributed by atoms with Gasteiger partial charge in [-0.15, -0.1) is 12.4 Å². The Kier molecular flexibility index (Phi) is 4.01. The van der Waals surface area contributed by atoms with Gasteiger partial charge in [0.2, 0.25) is 0 Å². The normalized spacial score (nSPS) is 22.0. The van der Waals surface area contributed by atoms with E-state index in [2.05, 4.69) is 17.1 Å². The summed E-state index contributed by atoms with van der Waals surface area (Å²) in [6, 6.07) is 5.66. The number of rotatable bonds is 2. The minimum absolute atomic E-state index is 0. The first-order valence-corrected chi connectivity index (χ1v) is 6.54. The Morgan fingerprint density at radius 3 is 3.05 bits per heavy atom. The first-order chi connectivity index (χ1) is 9.13. The monoisotopic (exact) mass is 294 g/mol. The molecule has 1 aromatic carbocycles. The number of fused-ring (bicyclic) bond motifs is 1. The van der Waals surface area contributed by atoms with Crippen molar-refractivity contribution in [1.29, 1.82) is 0 Å². The maximum atomic E-state index is 12.6. The summed E-state index contributed by atoms with van der Waals surface area (Å²) >= 11 is 0. The van der Waals surface area contributed by atoms with Crippen molar-refractivity contribution in [3.63, 3.8) is 0 Å². The Morgan fingerprint density at radius 2 is 2.35 bits per heavy atom. The molecule has 2 heterocycles. The number of carbonyl (C=O) groups is 1. The second kappa shape index (κ2) is 5.42. The summed E-state index contributed by atoms with van der Waals surface area (Å²) in [6.07, 6.45) is 2.68. The highest BCUT2D eigenvalue weighted by Crippen LogP contribution is 2.30. The number of hydrogen-bond donors (Lipinski definition) is 2. The quantitative estimate of drug-likeness (QED) is 0.887. The molecule has 1 aromatic heterocycles. The Bertz CT molecular complexity index is 626. The summed E-state index contributed by atoms with van der Waals surface area (Å²) in [4.78, 5) is 14.5. The molecule has 0 radical (unpaired) electrons. The molecule has 0 aliphatic carbocycles. The number of halogens is 1. The Balaban J connectivity index is 0.00000147. The van der Waals surface area contributed by atoms with E-state index in [9.17, 15) is 4.79 Å². The third kappa shape index (κ3) is 2.39. The number of carbonyl (C=O) groups excluding carboxylic acids is 1. The number of likely N-dealkylation sites (tertiary alicyclic amines) is 1. The summed E-state index contributed by atoms with van der Waals surface area (Å²) < 4.78 is 0. The topological polar surface area (TPSA) is 75.0 Å². The molecule has 1 saturated heterocycles. The molecule has 1 unspecified atom stereocenters. The standard InChI is InChI=1S/C14H18N4O.ClH/c1-14(8-15)5-6-18(9-14)13(19)10-3-2-4-12-11(10)7-16-17-12;/h2-4,7H,5-6,8-9,15H2,1H3,(H,16,17);1H. The number of amides is 1. The van der Waals surface area contributed by atoms with Gasteiger partial charge in [-0.3, -0.25) is 9.89 Å². The van der Waals surface area contributed by atoms with Crippen molar-refractivity contribution in [2.75, 3.05) is 19.6 Å². The van der Waals surface area contributed by atoms with Gasteiger partial charge in [0.05, 0.1) is 17.3 Å². The SMILES string of the molecule is CC1(CN)CCN(C(=O)c2cccc3[nH]ncc23)C1.Cl. The van der Waals surface area contributed by atoms with Gasteiger partial charge in [0.15, 0.2) is 0 Å². The smallest absolute Gasteiger partial charge is 0.254 e. The third-order valence-corrected chi connectivity index (χ3v) is 4.05. The second-order valence-corrected chi connectivity index (χ2v) is 5.63. The maximum Gasteiger partial charge on any atom is 0.254 e. The summed E-state index contributed by atoms with van der Waals surface area (Å²) in [7, 11) is 0. The van der Waals surface area contributed by atoms with E-state index < -0.39 is 0 Å². The van der Waals surface area contributed by atoms with Crippen LogP contribution in [0.1, 0.15) is 23.7 Å². The van der Waals surface area contributed by atoms with Gasteiger partial charge in [-0.05, 0) is 30.5 Å². The van der Waals surface area contributed by atoms with Crippen LogP contribution < -0.4 is 5.73 Å². The summed E-state index contributed by atoms with van der Waals surface area (Å²) in [5, 5.41) is 7.78. The molecule has 0 saturated carbocycles. The van der Waals surface area contributed by atoms with Crippen LogP contribution >= 0.6 is 12.4 Å². The molecule has 6 heteroatoms. The van der Waals surface area contributed by atoms with E-state index in [1.165, 1.54) is 0 Å². The van der Waals surface area contributed by atoms with E-state index >= 15 is 0 Å². The molecule has 0 bridgehead atoms. The fourth-order valence-corrected chi connectivity index (χ4v) is 2.69. The predicted molar refractivity (Wildman–Crippen MR) is 81.0 cm³/mol. The van der Waals surface area contributed by atoms with Crippen LogP contribution in [-0.4, -0.2) is 40.6 Å². The van der Waals surface area contributed by atoms with Crippen LogP contribution in [0.2, 0.25) is 0 Å². The molecule has 3 N–H and O–H groups in total. The van der Waals surface area contributed by atoms with E-state index in [4.69, 9.17) is 5.73 Å². The lowest BCUT2D eigenvalue weighted by molar-refractivity contribution is 0.0779. The fraction of sp³-hybridized carbons (Fsp3) is 0.429. The lowest BCUT2D eigenvalue weighted by atomic mass is 9.90. The second-order valence-electron chi connectivity index (χ2n) is 5.63. The molecule has 1 aliphatic heterocycles. The van der Waals surface area contributed by atoms with Crippen molar-refractivity contribution in [2.24, 2.45) is 11.1 Å². The van der Waals surface area contributed by atoms with Crippen LogP contribution in [0.3, 0.4) is 0 Å². The number of nitrogens with zero attached hydrogens (tertiary/aromatic N) is 2. The van der Waals surface area contributed by atoms with Gasteiger partial charge >= 0.3 is 0 Å². The van der Waals surface area contributed by atoms with Gasteiger partial charge in [-0.2, -0.15) is 5.10 Å². The molecular weight excluding hydrogens is 276 g/mol. The highest BCUT2D eigenvalue weighted by Gasteiger charge is 2.35. The molecule has 1 atom stereocenters. The molecular formula is C14H19ClN4O. The lowest BCUT2D eigenvalue weighted by Gasteiger charge is -2.22. The highest BCUT2D eigenvalue weighted by atomic mass is 35.5. The Hall–Kier alpha value is -1.59. The van der Waals surface area contributed by atoms with Crippen molar-refractivity contribution in [3.8, 4) is 0 Å². The number of aromatic amines is 1. The molecule has 5 nitrogen and oxygen atoms in total. The number of hydrogen-bond acceptors (Lipinski definition) is 3. The largest absolute Gasteiger partial charge is 0.338 e. The van der Waals surface area contributed by atoms with Gasteiger partial charge in [-0.25, -0.2) is 0 Å². The average molecular weight is 295 g/mol. The van der Waals surface area contributed by atoms with Gasteiger partial charge in [0.25, 0.3) is 5.91 Å². The van der Waals surface area contributed by atoms with Crippen LogP contribution in [-0.2, 0) is 0 Å². The first kappa shape index (κ1) is 14.8. The average Bonchev–Trinajstić information content (AvgIpc) is 3.04. The summed E-state index contributed by atoms with van der Waals surface area (Å²) in [6.45, 7) is 4.27. The minimum atomic E-state index is 0. The van der Waals surface area contributed by atoms with Crippen LogP contribution in [0.25, 0.3) is 10.9 Å². The third-order valence-electron chi connectivity index (χ3n) is 4.05. The Morgan fingerprint density at radius 1 is 1.55 bits per heavy atom. The highest BCUT2D eigenvalue weighted by molar-refractivity contribution is 6.06. The van der Waals surface area contributed by atoms with E-state index in [-0.39, 0.29) is 23.7 Å². The zero-order chi connectivity index (χ0) is 13.5. The molecule has 0 spiro atoms. The van der Waals surface area contributed by atoms with Gasteiger partial charge < -0.3 is 10.6 Å². The number of H-pyrrole nitrogens is 1. The van der Waals surface area contributed by atoms with Gasteiger partial charge in [0.1, 0.15) is 0 Å². The van der Waals surface area contributed by atoms with Crippen molar-refractivity contribution in [2.45, 2.75) is 13.3 Å². The van der Waals surface area contributed by atoms with Crippen LogP contribution in [0.5, 0.6) is 0 Å². The van der Waals surface area contributed by atoms with E-state index in [0.29, 0.717) is 12.1 Å². The fourth-order valence-electron chi connectivity index (χ4n) is 2.69. The van der Waals surface area contributed by atoms with Crippen LogP contribution in [0, 0.1) is 5.41 Å². The first-order valence-electron chi connectivity index (χ1n) is 6.54. The molecule has 1 aliphatic rings. The summed E-state index contributed by atoms with van der Waals surface area (Å²) in [5.41, 5.74) is 7.46. The van der Waals surface area contributed by atoms with Crippen molar-refractivity contribution in [3.05, 3.63) is 30.0 Å². The van der Waals surface area contributed by atoms with Gasteiger partial charge in [0, 0.05) is 18.5 Å². The van der Waals surface area contributed by atoms with Crippen molar-refractivity contribution in [1.82, 2.24) is 15.1 Å². The number of nitrogens with two attached hydrogens (primary N) is 1. The van der Waals surface area contributed by atoms with E-state index in [1.54, 1.807) is 6.20 Å². The number of aromatic nitrogens is 2. The minimum Gasteiger partial charge on any atom is -0.338 e.